The lowest BCUT2D eigenvalue weighted by atomic mass is 9.97. The van der Waals surface area contributed by atoms with Crippen molar-refractivity contribution in [2.75, 3.05) is 24.6 Å². The van der Waals surface area contributed by atoms with Gasteiger partial charge in [0.05, 0.1) is 11.5 Å². The molecule has 2 saturated heterocycles. The number of benzene rings is 1. The van der Waals surface area contributed by atoms with Crippen molar-refractivity contribution in [3.05, 3.63) is 35.9 Å². The molecule has 23 heavy (non-hydrogen) atoms. The van der Waals surface area contributed by atoms with Crippen LogP contribution in [0.3, 0.4) is 0 Å². The summed E-state index contributed by atoms with van der Waals surface area (Å²) in [6.45, 7) is 3.38. The highest BCUT2D eigenvalue weighted by Gasteiger charge is 2.43. The minimum atomic E-state index is -2.78. The number of rotatable bonds is 4. The molecule has 4 atom stereocenters. The van der Waals surface area contributed by atoms with Gasteiger partial charge in [-0.25, -0.2) is 8.42 Å². The summed E-state index contributed by atoms with van der Waals surface area (Å²) in [4.78, 5) is 2.57. The maximum Gasteiger partial charge on any atom is 0.151 e. The lowest BCUT2D eigenvalue weighted by Crippen LogP contribution is -2.42. The molecule has 1 saturated carbocycles. The zero-order chi connectivity index (χ0) is 15.9. The molecule has 0 amide bonds. The minimum absolute atomic E-state index is 0.187. The predicted molar refractivity (Wildman–Crippen MR) is 91.9 cm³/mol. The first-order chi connectivity index (χ1) is 11.1. The van der Waals surface area contributed by atoms with Gasteiger partial charge in [-0.3, -0.25) is 4.90 Å². The molecule has 2 heterocycles. The summed E-state index contributed by atoms with van der Waals surface area (Å²) in [5, 5.41) is 3.68. The molecule has 1 aliphatic carbocycles. The third kappa shape index (κ3) is 3.47. The van der Waals surface area contributed by atoms with Crippen molar-refractivity contribution < 1.29 is 8.42 Å². The maximum atomic E-state index is 11.6. The van der Waals surface area contributed by atoms with Crippen LogP contribution in [0.1, 0.15) is 24.8 Å². The largest absolute Gasteiger partial charge is 0.310 e. The van der Waals surface area contributed by atoms with E-state index in [1.54, 1.807) is 0 Å². The highest BCUT2D eigenvalue weighted by atomic mass is 32.2. The van der Waals surface area contributed by atoms with Crippen LogP contribution in [0.25, 0.3) is 0 Å². The molecular weight excluding hydrogens is 308 g/mol. The summed E-state index contributed by atoms with van der Waals surface area (Å²) >= 11 is 0. The Bertz CT molecular complexity index is 646. The topological polar surface area (TPSA) is 49.4 Å². The number of sulfone groups is 1. The van der Waals surface area contributed by atoms with Gasteiger partial charge >= 0.3 is 0 Å². The molecule has 126 valence electrons. The highest BCUT2D eigenvalue weighted by Crippen LogP contribution is 2.39. The molecular formula is C18H26N2O2S. The van der Waals surface area contributed by atoms with Crippen molar-refractivity contribution in [2.45, 2.75) is 37.9 Å². The number of fused-ring (bicyclic) bond motifs is 1. The summed E-state index contributed by atoms with van der Waals surface area (Å²) in [5.74, 6) is 2.19. The van der Waals surface area contributed by atoms with Gasteiger partial charge in [0.25, 0.3) is 0 Å². The van der Waals surface area contributed by atoms with E-state index in [-0.39, 0.29) is 6.04 Å². The third-order valence-electron chi connectivity index (χ3n) is 5.86. The van der Waals surface area contributed by atoms with Crippen LogP contribution in [-0.2, 0) is 16.4 Å². The molecule has 3 fully saturated rings. The highest BCUT2D eigenvalue weighted by molar-refractivity contribution is 7.91. The average Bonchev–Trinajstić information content (AvgIpc) is 3.17. The van der Waals surface area contributed by atoms with Gasteiger partial charge in [0.2, 0.25) is 0 Å². The van der Waals surface area contributed by atoms with Crippen molar-refractivity contribution in [1.82, 2.24) is 10.2 Å². The normalized spacial score (nSPS) is 36.3. The van der Waals surface area contributed by atoms with Crippen LogP contribution in [0.5, 0.6) is 0 Å². The summed E-state index contributed by atoms with van der Waals surface area (Å²) < 4.78 is 23.3. The van der Waals surface area contributed by atoms with Crippen LogP contribution in [0.4, 0.5) is 0 Å². The van der Waals surface area contributed by atoms with E-state index < -0.39 is 9.84 Å². The molecule has 2 aliphatic heterocycles. The molecule has 1 aromatic rings. The second-order valence-electron chi connectivity index (χ2n) is 7.55. The minimum Gasteiger partial charge on any atom is -0.310 e. The standard InChI is InChI=1S/C18H26N2O2S/c21-23(22)9-8-16(13-23)19-18-7-6-15-11-20(12-17(15)18)10-14-4-2-1-3-5-14/h1-5,15-19H,6-13H2/t15-,16+,17-,18-/m1/s1. The Morgan fingerprint density at radius 1 is 1.09 bits per heavy atom. The van der Waals surface area contributed by atoms with E-state index in [9.17, 15) is 8.42 Å². The van der Waals surface area contributed by atoms with Crippen LogP contribution in [0.15, 0.2) is 30.3 Å². The molecule has 1 N–H and O–H groups in total. The van der Waals surface area contributed by atoms with Crippen molar-refractivity contribution in [3.63, 3.8) is 0 Å². The van der Waals surface area contributed by atoms with Gasteiger partial charge < -0.3 is 5.32 Å². The number of likely N-dealkylation sites (tertiary alicyclic amines) is 1. The van der Waals surface area contributed by atoms with Gasteiger partial charge in [0.15, 0.2) is 9.84 Å². The van der Waals surface area contributed by atoms with Gasteiger partial charge in [-0.15, -0.1) is 0 Å². The van der Waals surface area contributed by atoms with E-state index in [0.29, 0.717) is 23.5 Å². The van der Waals surface area contributed by atoms with E-state index in [1.165, 1.54) is 24.9 Å². The fraction of sp³-hybridized carbons (Fsp3) is 0.667. The molecule has 4 nitrogen and oxygen atoms in total. The van der Waals surface area contributed by atoms with Crippen LogP contribution in [-0.4, -0.2) is 50.0 Å². The van der Waals surface area contributed by atoms with E-state index in [4.69, 9.17) is 0 Å². The predicted octanol–water partition coefficient (Wildman–Crippen LogP) is 1.67. The molecule has 5 heteroatoms. The third-order valence-corrected chi connectivity index (χ3v) is 7.63. The quantitative estimate of drug-likeness (QED) is 0.910. The summed E-state index contributed by atoms with van der Waals surface area (Å²) in [7, 11) is -2.78. The van der Waals surface area contributed by atoms with Gasteiger partial charge in [0.1, 0.15) is 0 Å². The van der Waals surface area contributed by atoms with E-state index in [2.05, 4.69) is 40.5 Å². The lowest BCUT2D eigenvalue weighted by Gasteiger charge is -2.24. The fourth-order valence-corrected chi connectivity index (χ4v) is 6.45. The first-order valence-corrected chi connectivity index (χ1v) is 10.6. The number of hydrogen-bond acceptors (Lipinski definition) is 4. The second kappa shape index (κ2) is 6.19. The maximum absolute atomic E-state index is 11.6. The second-order valence-corrected chi connectivity index (χ2v) is 9.78. The van der Waals surface area contributed by atoms with E-state index >= 15 is 0 Å². The van der Waals surface area contributed by atoms with Gasteiger partial charge in [0, 0.05) is 31.7 Å². The van der Waals surface area contributed by atoms with Gasteiger partial charge in [-0.1, -0.05) is 30.3 Å². The van der Waals surface area contributed by atoms with Gasteiger partial charge in [-0.2, -0.15) is 0 Å². The van der Waals surface area contributed by atoms with Crippen molar-refractivity contribution in [2.24, 2.45) is 11.8 Å². The Morgan fingerprint density at radius 3 is 2.65 bits per heavy atom. The summed E-state index contributed by atoms with van der Waals surface area (Å²) in [6, 6.07) is 11.4. The van der Waals surface area contributed by atoms with Gasteiger partial charge in [-0.05, 0) is 36.7 Å². The van der Waals surface area contributed by atoms with E-state index in [1.807, 2.05) is 0 Å². The zero-order valence-electron chi connectivity index (χ0n) is 13.5. The average molecular weight is 334 g/mol. The fourth-order valence-electron chi connectivity index (χ4n) is 4.76. The Labute approximate surface area is 139 Å². The first kappa shape index (κ1) is 15.6. The molecule has 0 aromatic heterocycles. The monoisotopic (exact) mass is 334 g/mol. The molecule has 0 spiro atoms. The Balaban J connectivity index is 1.34. The summed E-state index contributed by atoms with van der Waals surface area (Å²) in [5.41, 5.74) is 1.39. The smallest absolute Gasteiger partial charge is 0.151 e. The van der Waals surface area contributed by atoms with Crippen molar-refractivity contribution >= 4 is 9.84 Å². The SMILES string of the molecule is O=S1(=O)CC[C@H](N[C@@H]2CC[C@@H]3CN(Cc4ccccc4)C[C@H]32)C1. The molecule has 1 aromatic carbocycles. The Hall–Kier alpha value is -0.910. The van der Waals surface area contributed by atoms with Crippen LogP contribution in [0.2, 0.25) is 0 Å². The number of nitrogens with zero attached hydrogens (tertiary/aromatic N) is 1. The van der Waals surface area contributed by atoms with E-state index in [0.717, 1.165) is 25.4 Å². The molecule has 3 aliphatic rings. The lowest BCUT2D eigenvalue weighted by molar-refractivity contribution is 0.283. The molecule has 4 rings (SSSR count). The van der Waals surface area contributed by atoms with Crippen molar-refractivity contribution in [1.29, 1.82) is 0 Å². The van der Waals surface area contributed by atoms with Crippen LogP contribution < -0.4 is 5.32 Å². The number of hydrogen-bond donors (Lipinski definition) is 1. The Morgan fingerprint density at radius 2 is 1.91 bits per heavy atom. The van der Waals surface area contributed by atoms with Crippen LogP contribution in [0, 0.1) is 11.8 Å². The zero-order valence-corrected chi connectivity index (χ0v) is 14.3. The van der Waals surface area contributed by atoms with Crippen LogP contribution >= 0.6 is 0 Å². The van der Waals surface area contributed by atoms with Crippen molar-refractivity contribution in [3.8, 4) is 0 Å². The summed E-state index contributed by atoms with van der Waals surface area (Å²) in [6.07, 6.45) is 3.29. The molecule has 0 unspecified atom stereocenters. The molecule has 0 radical (unpaired) electrons. The molecule has 0 bridgehead atoms. The Kier molecular flexibility index (Phi) is 4.20. The first-order valence-electron chi connectivity index (χ1n) is 8.82. The number of nitrogens with one attached hydrogen (secondary N) is 1.